The number of nitro groups is 1. The lowest BCUT2D eigenvalue weighted by atomic mass is 10.2. The molecule has 0 aromatic heterocycles. The zero-order valence-corrected chi connectivity index (χ0v) is 12.7. The molecule has 2 aromatic carbocycles. The molecule has 0 heterocycles. The van der Waals surface area contributed by atoms with Crippen LogP contribution in [0.3, 0.4) is 0 Å². The number of hydrogen-bond acceptors (Lipinski definition) is 5. The first-order valence-electron chi connectivity index (χ1n) is 6.41. The number of amides is 1. The Balaban J connectivity index is 2.28. The van der Waals surface area contributed by atoms with E-state index < -0.39 is 16.8 Å². The number of carbonyl (C=O) groups is 2. The summed E-state index contributed by atoms with van der Waals surface area (Å²) >= 11 is 5.72. The van der Waals surface area contributed by atoms with Crippen LogP contribution in [-0.4, -0.2) is 16.8 Å². The molecule has 7 nitrogen and oxygen atoms in total. The number of rotatable bonds is 4. The van der Waals surface area contributed by atoms with E-state index in [1.807, 2.05) is 0 Å². The van der Waals surface area contributed by atoms with Gasteiger partial charge in [-0.25, -0.2) is 0 Å². The summed E-state index contributed by atoms with van der Waals surface area (Å²) in [6, 6.07) is 10.1. The van der Waals surface area contributed by atoms with E-state index in [-0.39, 0.29) is 27.7 Å². The number of para-hydroxylation sites is 1. The van der Waals surface area contributed by atoms with Gasteiger partial charge in [-0.1, -0.05) is 23.7 Å². The molecule has 0 atom stereocenters. The van der Waals surface area contributed by atoms with E-state index in [0.717, 1.165) is 6.07 Å². The predicted molar refractivity (Wildman–Crippen MR) is 83.8 cm³/mol. The molecule has 8 heteroatoms. The first kappa shape index (κ1) is 16.4. The number of nitrogens with one attached hydrogen (secondary N) is 1. The molecule has 0 saturated carbocycles. The van der Waals surface area contributed by atoms with Gasteiger partial charge in [-0.15, -0.1) is 0 Å². The summed E-state index contributed by atoms with van der Waals surface area (Å²) in [5.41, 5.74) is 0.00164. The van der Waals surface area contributed by atoms with E-state index in [1.54, 1.807) is 12.1 Å². The van der Waals surface area contributed by atoms with Gasteiger partial charge in [-0.05, 0) is 24.3 Å². The molecule has 1 amide bonds. The maximum atomic E-state index is 12.3. The highest BCUT2D eigenvalue weighted by molar-refractivity contribution is 6.32. The smallest absolute Gasteiger partial charge is 0.308 e. The van der Waals surface area contributed by atoms with Gasteiger partial charge in [0.1, 0.15) is 10.8 Å². The second-order valence-electron chi connectivity index (χ2n) is 4.47. The highest BCUT2D eigenvalue weighted by Gasteiger charge is 2.17. The number of hydrogen-bond donors (Lipinski definition) is 1. The van der Waals surface area contributed by atoms with E-state index in [4.69, 9.17) is 16.3 Å². The zero-order chi connectivity index (χ0) is 17.0. The molecule has 0 spiro atoms. The molecule has 1 N–H and O–H groups in total. The lowest BCUT2D eigenvalue weighted by Gasteiger charge is -2.09. The van der Waals surface area contributed by atoms with Crippen LogP contribution < -0.4 is 10.1 Å². The normalized spacial score (nSPS) is 10.0. The van der Waals surface area contributed by atoms with Crippen molar-refractivity contribution in [3.8, 4) is 5.75 Å². The van der Waals surface area contributed by atoms with Crippen LogP contribution in [0.25, 0.3) is 0 Å². The maximum absolute atomic E-state index is 12.3. The molecule has 0 fully saturated rings. The molecule has 0 aliphatic heterocycles. The first-order valence-corrected chi connectivity index (χ1v) is 6.79. The molecule has 23 heavy (non-hydrogen) atoms. The summed E-state index contributed by atoms with van der Waals surface area (Å²) in [5, 5.41) is 13.3. The predicted octanol–water partition coefficient (Wildman–Crippen LogP) is 3.43. The van der Waals surface area contributed by atoms with Crippen LogP contribution in [-0.2, 0) is 4.79 Å². The number of ether oxygens (including phenoxy) is 1. The Bertz CT molecular complexity index is 791. The Labute approximate surface area is 136 Å². The molecule has 0 unspecified atom stereocenters. The van der Waals surface area contributed by atoms with Gasteiger partial charge in [0.2, 0.25) is 0 Å². The van der Waals surface area contributed by atoms with Crippen LogP contribution in [0, 0.1) is 10.1 Å². The quantitative estimate of drug-likeness (QED) is 0.400. The third-order valence-corrected chi connectivity index (χ3v) is 3.11. The second kappa shape index (κ2) is 6.89. The Morgan fingerprint density at radius 1 is 1.22 bits per heavy atom. The highest BCUT2D eigenvalue weighted by atomic mass is 35.5. The Morgan fingerprint density at radius 3 is 2.57 bits per heavy atom. The summed E-state index contributed by atoms with van der Waals surface area (Å²) in [6.45, 7) is 1.22. The van der Waals surface area contributed by atoms with Gasteiger partial charge in [0, 0.05) is 18.7 Å². The number of carbonyl (C=O) groups excluding carboxylic acids is 2. The lowest BCUT2D eigenvalue weighted by Crippen LogP contribution is -2.15. The SMILES string of the molecule is CC(=O)Oc1ccccc1C(=O)Nc1ccc(Cl)c([N+](=O)[O-])c1. The van der Waals surface area contributed by atoms with Crippen LogP contribution in [0.5, 0.6) is 5.75 Å². The largest absolute Gasteiger partial charge is 0.426 e. The molecule has 0 radical (unpaired) electrons. The summed E-state index contributed by atoms with van der Waals surface area (Å²) in [5.74, 6) is -1.04. The molecule has 2 rings (SSSR count). The lowest BCUT2D eigenvalue weighted by molar-refractivity contribution is -0.384. The number of nitrogens with zero attached hydrogens (tertiary/aromatic N) is 1. The van der Waals surface area contributed by atoms with Gasteiger partial charge in [0.25, 0.3) is 11.6 Å². The van der Waals surface area contributed by atoms with Gasteiger partial charge < -0.3 is 10.1 Å². The third-order valence-electron chi connectivity index (χ3n) is 2.79. The van der Waals surface area contributed by atoms with E-state index in [9.17, 15) is 19.7 Å². The minimum absolute atomic E-state index is 0.0340. The van der Waals surface area contributed by atoms with E-state index in [1.165, 1.54) is 31.2 Å². The third kappa shape index (κ3) is 4.04. The Morgan fingerprint density at radius 2 is 1.91 bits per heavy atom. The van der Waals surface area contributed by atoms with Crippen LogP contribution in [0.15, 0.2) is 42.5 Å². The molecule has 0 aliphatic carbocycles. The van der Waals surface area contributed by atoms with Crippen molar-refractivity contribution in [2.24, 2.45) is 0 Å². The van der Waals surface area contributed by atoms with Crippen molar-refractivity contribution in [3.63, 3.8) is 0 Å². The van der Waals surface area contributed by atoms with Gasteiger partial charge in [0.05, 0.1) is 10.5 Å². The van der Waals surface area contributed by atoms with Gasteiger partial charge in [-0.2, -0.15) is 0 Å². The van der Waals surface area contributed by atoms with E-state index in [2.05, 4.69) is 5.32 Å². The molecule has 118 valence electrons. The Hall–Kier alpha value is -2.93. The maximum Gasteiger partial charge on any atom is 0.308 e. The molecule has 0 aliphatic rings. The van der Waals surface area contributed by atoms with Crippen LogP contribution in [0.4, 0.5) is 11.4 Å². The summed E-state index contributed by atoms with van der Waals surface area (Å²) < 4.78 is 4.96. The Kier molecular flexibility index (Phi) is 4.92. The molecule has 2 aromatic rings. The van der Waals surface area contributed by atoms with Crippen molar-refractivity contribution in [2.45, 2.75) is 6.92 Å². The second-order valence-corrected chi connectivity index (χ2v) is 4.87. The standard InChI is InChI=1S/C15H11ClN2O5/c1-9(19)23-14-5-3-2-4-11(14)15(20)17-10-6-7-12(16)13(8-10)18(21)22/h2-8H,1H3,(H,17,20). The molecule has 0 saturated heterocycles. The number of esters is 1. The number of nitro benzene ring substituents is 1. The van der Waals surface area contributed by atoms with E-state index in [0.29, 0.717) is 0 Å². The van der Waals surface area contributed by atoms with Crippen molar-refractivity contribution in [1.29, 1.82) is 0 Å². The van der Waals surface area contributed by atoms with Crippen molar-refractivity contribution < 1.29 is 19.2 Å². The van der Waals surface area contributed by atoms with Gasteiger partial charge in [-0.3, -0.25) is 19.7 Å². The fourth-order valence-electron chi connectivity index (χ4n) is 1.83. The first-order chi connectivity index (χ1) is 10.9. The molecular weight excluding hydrogens is 324 g/mol. The minimum Gasteiger partial charge on any atom is -0.426 e. The fraction of sp³-hybridized carbons (Fsp3) is 0.0667. The summed E-state index contributed by atoms with van der Waals surface area (Å²) in [7, 11) is 0. The van der Waals surface area contributed by atoms with Crippen molar-refractivity contribution in [1.82, 2.24) is 0 Å². The number of halogens is 1. The van der Waals surface area contributed by atoms with Crippen molar-refractivity contribution >= 4 is 34.9 Å². The van der Waals surface area contributed by atoms with Crippen molar-refractivity contribution in [2.75, 3.05) is 5.32 Å². The van der Waals surface area contributed by atoms with Gasteiger partial charge in [0.15, 0.2) is 0 Å². The highest BCUT2D eigenvalue weighted by Crippen LogP contribution is 2.28. The van der Waals surface area contributed by atoms with Crippen molar-refractivity contribution in [3.05, 3.63) is 63.2 Å². The monoisotopic (exact) mass is 334 g/mol. The van der Waals surface area contributed by atoms with Crippen LogP contribution >= 0.6 is 11.6 Å². The summed E-state index contributed by atoms with van der Waals surface area (Å²) in [6.07, 6.45) is 0. The minimum atomic E-state index is -0.648. The average molecular weight is 335 g/mol. The van der Waals surface area contributed by atoms with Gasteiger partial charge >= 0.3 is 5.97 Å². The zero-order valence-electron chi connectivity index (χ0n) is 11.9. The molecular formula is C15H11ClN2O5. The van der Waals surface area contributed by atoms with Crippen LogP contribution in [0.2, 0.25) is 5.02 Å². The average Bonchev–Trinajstić information content (AvgIpc) is 2.48. The topological polar surface area (TPSA) is 98.5 Å². The van der Waals surface area contributed by atoms with E-state index >= 15 is 0 Å². The number of anilines is 1. The fourth-order valence-corrected chi connectivity index (χ4v) is 2.01. The van der Waals surface area contributed by atoms with Crippen LogP contribution in [0.1, 0.15) is 17.3 Å². The summed E-state index contributed by atoms with van der Waals surface area (Å²) in [4.78, 5) is 33.5. The number of benzene rings is 2. The molecule has 0 bridgehead atoms.